The molecule has 6 heteroatoms. The highest BCUT2D eigenvalue weighted by molar-refractivity contribution is 6.37. The molecule has 1 aromatic carbocycles. The largest absolute Gasteiger partial charge is 0.369 e. The van der Waals surface area contributed by atoms with E-state index in [1.54, 1.807) is 6.07 Å². The maximum absolute atomic E-state index is 6.25. The molecule has 0 aliphatic carbocycles. The fourth-order valence-corrected chi connectivity index (χ4v) is 2.65. The molecule has 0 spiro atoms. The summed E-state index contributed by atoms with van der Waals surface area (Å²) >= 11 is 18.3. The van der Waals surface area contributed by atoms with Crippen LogP contribution < -0.4 is 10.2 Å². The predicted octanol–water partition coefficient (Wildman–Crippen LogP) is 5.11. The van der Waals surface area contributed by atoms with Gasteiger partial charge >= 0.3 is 0 Å². The van der Waals surface area contributed by atoms with Crippen molar-refractivity contribution in [2.45, 2.75) is 13.5 Å². The molecule has 0 fully saturated rings. The number of rotatable bonds is 5. The number of nitrogens with one attached hydrogen (secondary N) is 1. The summed E-state index contributed by atoms with van der Waals surface area (Å²) in [4.78, 5) is 6.48. The van der Waals surface area contributed by atoms with Crippen LogP contribution in [0.25, 0.3) is 0 Å². The van der Waals surface area contributed by atoms with Gasteiger partial charge in [-0.05, 0) is 30.7 Å². The third-order valence-corrected chi connectivity index (χ3v) is 3.77. The fourth-order valence-electron chi connectivity index (χ4n) is 1.95. The molecule has 0 saturated carbocycles. The van der Waals surface area contributed by atoms with Crippen LogP contribution >= 0.6 is 34.8 Å². The molecule has 3 nitrogen and oxygen atoms in total. The Balaban J connectivity index is 2.23. The van der Waals surface area contributed by atoms with Gasteiger partial charge in [0.1, 0.15) is 11.6 Å². The lowest BCUT2D eigenvalue weighted by Crippen LogP contribution is -2.19. The zero-order chi connectivity index (χ0) is 15.4. The molecule has 1 N–H and O–H groups in total. The van der Waals surface area contributed by atoms with Crippen molar-refractivity contribution in [3.63, 3.8) is 0 Å². The number of benzene rings is 1. The quantitative estimate of drug-likeness (QED) is 0.817. The van der Waals surface area contributed by atoms with Crippen molar-refractivity contribution in [2.75, 3.05) is 23.8 Å². The van der Waals surface area contributed by atoms with E-state index in [0.29, 0.717) is 28.2 Å². The second kappa shape index (κ2) is 7.21. The van der Waals surface area contributed by atoms with Crippen molar-refractivity contribution in [2.24, 2.45) is 0 Å². The van der Waals surface area contributed by atoms with E-state index >= 15 is 0 Å². The molecule has 0 aliphatic heterocycles. The van der Waals surface area contributed by atoms with Crippen LogP contribution in [-0.4, -0.2) is 18.6 Å². The molecular weight excluding hydrogens is 329 g/mol. The number of aromatic nitrogens is 1. The Kier molecular flexibility index (Phi) is 5.57. The first-order valence-corrected chi connectivity index (χ1v) is 7.70. The number of hydrogen-bond donors (Lipinski definition) is 1. The molecule has 0 bridgehead atoms. The van der Waals surface area contributed by atoms with E-state index in [2.05, 4.69) is 10.3 Å². The van der Waals surface area contributed by atoms with Gasteiger partial charge in [-0.1, -0.05) is 46.9 Å². The molecule has 112 valence electrons. The van der Waals surface area contributed by atoms with Crippen molar-refractivity contribution in [3.8, 4) is 0 Å². The molecular formula is C15H16Cl3N3. The first kappa shape index (κ1) is 16.2. The van der Waals surface area contributed by atoms with Crippen LogP contribution in [0.15, 0.2) is 30.3 Å². The van der Waals surface area contributed by atoms with Crippen LogP contribution in [0.1, 0.15) is 12.5 Å². The second-order valence-corrected chi connectivity index (χ2v) is 5.89. The van der Waals surface area contributed by atoms with Crippen molar-refractivity contribution in [1.82, 2.24) is 4.98 Å². The Labute approximate surface area is 139 Å². The minimum absolute atomic E-state index is 0.519. The molecule has 2 aromatic rings. The van der Waals surface area contributed by atoms with Gasteiger partial charge < -0.3 is 10.2 Å². The first-order chi connectivity index (χ1) is 10.0. The first-order valence-electron chi connectivity index (χ1n) is 6.56. The van der Waals surface area contributed by atoms with Crippen LogP contribution in [-0.2, 0) is 6.54 Å². The molecule has 0 radical (unpaired) electrons. The van der Waals surface area contributed by atoms with Gasteiger partial charge in [0.25, 0.3) is 0 Å². The lowest BCUT2D eigenvalue weighted by atomic mass is 10.2. The number of pyridine rings is 1. The summed E-state index contributed by atoms with van der Waals surface area (Å²) in [5.74, 6) is 1.33. The van der Waals surface area contributed by atoms with Gasteiger partial charge in [0, 0.05) is 25.2 Å². The van der Waals surface area contributed by atoms with Gasteiger partial charge in [0.15, 0.2) is 0 Å². The van der Waals surface area contributed by atoms with Gasteiger partial charge in [-0.15, -0.1) is 0 Å². The molecule has 1 heterocycles. The fraction of sp³-hybridized carbons (Fsp3) is 0.267. The van der Waals surface area contributed by atoms with Gasteiger partial charge in [-0.3, -0.25) is 0 Å². The molecule has 0 atom stereocenters. The molecule has 2 rings (SSSR count). The van der Waals surface area contributed by atoms with Crippen LogP contribution in [0.2, 0.25) is 15.1 Å². The molecule has 0 unspecified atom stereocenters. The van der Waals surface area contributed by atoms with Crippen molar-refractivity contribution >= 4 is 46.4 Å². The zero-order valence-electron chi connectivity index (χ0n) is 11.8. The SMILES string of the molecule is CCNc1nc(N(C)Cc2ccc(Cl)cc2)c(Cl)cc1Cl. The highest BCUT2D eigenvalue weighted by Gasteiger charge is 2.13. The van der Waals surface area contributed by atoms with Crippen LogP contribution in [0.4, 0.5) is 11.6 Å². The Morgan fingerprint density at radius 2 is 1.76 bits per heavy atom. The summed E-state index contributed by atoms with van der Waals surface area (Å²) in [6.07, 6.45) is 0. The molecule has 1 aromatic heterocycles. The van der Waals surface area contributed by atoms with E-state index in [4.69, 9.17) is 34.8 Å². The Hall–Kier alpha value is -1.16. The predicted molar refractivity (Wildman–Crippen MR) is 92.0 cm³/mol. The maximum Gasteiger partial charge on any atom is 0.149 e. The average Bonchev–Trinajstić information content (AvgIpc) is 2.44. The van der Waals surface area contributed by atoms with Gasteiger partial charge in [0.05, 0.1) is 10.0 Å². The Morgan fingerprint density at radius 1 is 1.10 bits per heavy atom. The summed E-state index contributed by atoms with van der Waals surface area (Å²) in [7, 11) is 1.94. The second-order valence-electron chi connectivity index (χ2n) is 4.64. The monoisotopic (exact) mass is 343 g/mol. The summed E-state index contributed by atoms with van der Waals surface area (Å²) in [6.45, 7) is 3.41. The average molecular weight is 345 g/mol. The smallest absolute Gasteiger partial charge is 0.149 e. The van der Waals surface area contributed by atoms with E-state index in [-0.39, 0.29) is 0 Å². The Morgan fingerprint density at radius 3 is 2.38 bits per heavy atom. The van der Waals surface area contributed by atoms with E-state index in [0.717, 1.165) is 17.1 Å². The third-order valence-electron chi connectivity index (χ3n) is 2.95. The van der Waals surface area contributed by atoms with E-state index in [9.17, 15) is 0 Å². The lowest BCUT2D eigenvalue weighted by molar-refractivity contribution is 0.898. The van der Waals surface area contributed by atoms with Crippen LogP contribution in [0.5, 0.6) is 0 Å². The van der Waals surface area contributed by atoms with Crippen molar-refractivity contribution in [1.29, 1.82) is 0 Å². The standard InChI is InChI=1S/C15H16Cl3N3/c1-3-19-14-12(17)8-13(18)15(20-14)21(2)9-10-4-6-11(16)7-5-10/h4-8H,3,9H2,1-2H3,(H,19,20). The Bertz CT molecular complexity index is 614. The van der Waals surface area contributed by atoms with Gasteiger partial charge in [-0.2, -0.15) is 0 Å². The molecule has 21 heavy (non-hydrogen) atoms. The van der Waals surface area contributed by atoms with Crippen LogP contribution in [0.3, 0.4) is 0 Å². The highest BCUT2D eigenvalue weighted by atomic mass is 35.5. The van der Waals surface area contributed by atoms with E-state index in [1.165, 1.54) is 0 Å². The normalized spacial score (nSPS) is 10.5. The van der Waals surface area contributed by atoms with Gasteiger partial charge in [-0.25, -0.2) is 4.98 Å². The minimum Gasteiger partial charge on any atom is -0.369 e. The highest BCUT2D eigenvalue weighted by Crippen LogP contribution is 2.31. The number of hydrogen-bond acceptors (Lipinski definition) is 3. The maximum atomic E-state index is 6.25. The number of halogens is 3. The molecule has 0 aliphatic rings. The number of anilines is 2. The van der Waals surface area contributed by atoms with Crippen molar-refractivity contribution in [3.05, 3.63) is 51.0 Å². The molecule has 0 saturated heterocycles. The minimum atomic E-state index is 0.519. The topological polar surface area (TPSA) is 28.2 Å². The van der Waals surface area contributed by atoms with E-state index in [1.807, 2.05) is 43.1 Å². The summed E-state index contributed by atoms with van der Waals surface area (Å²) < 4.78 is 0. The summed E-state index contributed by atoms with van der Waals surface area (Å²) in [5.41, 5.74) is 1.12. The molecule has 0 amide bonds. The lowest BCUT2D eigenvalue weighted by Gasteiger charge is -2.21. The van der Waals surface area contributed by atoms with Gasteiger partial charge in [0.2, 0.25) is 0 Å². The summed E-state index contributed by atoms with van der Waals surface area (Å²) in [6, 6.07) is 9.40. The summed E-state index contributed by atoms with van der Waals surface area (Å²) in [5, 5.41) is 4.89. The van der Waals surface area contributed by atoms with Crippen molar-refractivity contribution < 1.29 is 0 Å². The van der Waals surface area contributed by atoms with Crippen LogP contribution in [0, 0.1) is 0 Å². The van der Waals surface area contributed by atoms with E-state index < -0.39 is 0 Å². The number of nitrogens with zero attached hydrogens (tertiary/aromatic N) is 2. The zero-order valence-corrected chi connectivity index (χ0v) is 14.1. The third kappa shape index (κ3) is 4.16.